The average Bonchev–Trinajstić information content (AvgIpc) is 3.07. The minimum Gasteiger partial charge on any atom is -0.361 e. The number of hydrogen-bond donors (Lipinski definition) is 3. The molecule has 1 aromatic carbocycles. The number of carbonyl (C=O) groups excluding carboxylic acids is 1. The van der Waals surface area contributed by atoms with Crippen LogP contribution >= 0.6 is 0 Å². The van der Waals surface area contributed by atoms with E-state index < -0.39 is 6.04 Å². The van der Waals surface area contributed by atoms with Gasteiger partial charge in [-0.05, 0) is 18.1 Å². The molecule has 0 spiro atoms. The molecule has 3 aromatic rings. The third-order valence-electron chi connectivity index (χ3n) is 3.40. The number of amides is 1. The molecule has 21 heavy (non-hydrogen) atoms. The second kappa shape index (κ2) is 5.37. The first-order chi connectivity index (χ1) is 10.1. The van der Waals surface area contributed by atoms with Gasteiger partial charge in [-0.2, -0.15) is 10.1 Å². The molecule has 2 heterocycles. The fraction of sp³-hybridized carbons (Fsp3) is 0.214. The van der Waals surface area contributed by atoms with E-state index in [2.05, 4.69) is 20.4 Å². The van der Waals surface area contributed by atoms with Gasteiger partial charge in [-0.25, -0.2) is 4.68 Å². The van der Waals surface area contributed by atoms with Crippen LogP contribution in [-0.4, -0.2) is 31.7 Å². The van der Waals surface area contributed by atoms with Crippen molar-refractivity contribution in [2.45, 2.75) is 12.5 Å². The minimum atomic E-state index is -0.652. The number of hydrogen-bond acceptors (Lipinski definition) is 4. The van der Waals surface area contributed by atoms with Crippen molar-refractivity contribution >= 4 is 22.8 Å². The molecule has 0 radical (unpaired) electrons. The molecule has 0 fully saturated rings. The molecule has 1 atom stereocenters. The number of para-hydroxylation sites is 1. The van der Waals surface area contributed by atoms with E-state index in [9.17, 15) is 4.79 Å². The molecular formula is C14H16N6O. The highest BCUT2D eigenvalue weighted by Crippen LogP contribution is 2.18. The second-order valence-electron chi connectivity index (χ2n) is 4.87. The Kier molecular flexibility index (Phi) is 3.41. The number of benzene rings is 1. The van der Waals surface area contributed by atoms with Crippen LogP contribution in [0, 0.1) is 0 Å². The summed E-state index contributed by atoms with van der Waals surface area (Å²) in [6.45, 7) is 0. The highest BCUT2D eigenvalue weighted by Gasteiger charge is 2.17. The molecule has 0 unspecified atom stereocenters. The Bertz CT molecular complexity index is 774. The van der Waals surface area contributed by atoms with E-state index in [0.29, 0.717) is 12.4 Å². The van der Waals surface area contributed by atoms with Crippen LogP contribution in [0.4, 0.5) is 5.95 Å². The number of anilines is 1. The summed E-state index contributed by atoms with van der Waals surface area (Å²) in [7, 11) is 1.70. The molecule has 0 aliphatic rings. The summed E-state index contributed by atoms with van der Waals surface area (Å²) in [4.78, 5) is 19.2. The normalized spacial score (nSPS) is 12.5. The zero-order valence-electron chi connectivity index (χ0n) is 11.6. The molecule has 7 heteroatoms. The lowest BCUT2D eigenvalue weighted by molar-refractivity contribution is -0.117. The van der Waals surface area contributed by atoms with Gasteiger partial charge < -0.3 is 10.7 Å². The van der Waals surface area contributed by atoms with Gasteiger partial charge in [0.05, 0.1) is 6.04 Å². The quantitative estimate of drug-likeness (QED) is 0.659. The van der Waals surface area contributed by atoms with Gasteiger partial charge in [0.25, 0.3) is 0 Å². The van der Waals surface area contributed by atoms with E-state index in [1.165, 1.54) is 11.0 Å². The topological polar surface area (TPSA) is 102 Å². The molecule has 7 nitrogen and oxygen atoms in total. The van der Waals surface area contributed by atoms with Crippen molar-refractivity contribution in [2.75, 3.05) is 5.32 Å². The molecule has 0 saturated carbocycles. The van der Waals surface area contributed by atoms with Crippen molar-refractivity contribution < 1.29 is 4.79 Å². The summed E-state index contributed by atoms with van der Waals surface area (Å²) in [5, 5.41) is 7.64. The van der Waals surface area contributed by atoms with Crippen molar-refractivity contribution in [1.82, 2.24) is 19.7 Å². The number of fused-ring (bicyclic) bond motifs is 1. The van der Waals surface area contributed by atoms with E-state index in [0.717, 1.165) is 16.5 Å². The Morgan fingerprint density at radius 1 is 1.48 bits per heavy atom. The molecule has 2 aromatic heterocycles. The van der Waals surface area contributed by atoms with E-state index in [-0.39, 0.29) is 5.91 Å². The van der Waals surface area contributed by atoms with Gasteiger partial charge in [-0.1, -0.05) is 18.2 Å². The van der Waals surface area contributed by atoms with Gasteiger partial charge in [0, 0.05) is 24.1 Å². The monoisotopic (exact) mass is 284 g/mol. The van der Waals surface area contributed by atoms with E-state index in [1.807, 2.05) is 30.5 Å². The van der Waals surface area contributed by atoms with Gasteiger partial charge in [0.2, 0.25) is 11.9 Å². The molecule has 0 saturated heterocycles. The lowest BCUT2D eigenvalue weighted by Gasteiger charge is -2.11. The Morgan fingerprint density at radius 3 is 3.05 bits per heavy atom. The molecule has 1 amide bonds. The second-order valence-corrected chi connectivity index (χ2v) is 4.87. The Hall–Kier alpha value is -2.67. The van der Waals surface area contributed by atoms with Crippen LogP contribution < -0.4 is 11.1 Å². The maximum Gasteiger partial charge on any atom is 0.243 e. The number of aryl methyl sites for hydroxylation is 1. The highest BCUT2D eigenvalue weighted by molar-refractivity contribution is 5.94. The number of carbonyl (C=O) groups is 1. The molecule has 0 aliphatic carbocycles. The summed E-state index contributed by atoms with van der Waals surface area (Å²) >= 11 is 0. The van der Waals surface area contributed by atoms with Crippen molar-refractivity contribution in [1.29, 1.82) is 0 Å². The SMILES string of the molecule is Cn1ncnc1NC(=O)[C@H](N)Cc1c[nH]c2ccccc12. The Labute approximate surface area is 121 Å². The Morgan fingerprint density at radius 2 is 2.29 bits per heavy atom. The van der Waals surface area contributed by atoms with Crippen LogP contribution in [0.3, 0.4) is 0 Å². The number of aromatic nitrogens is 4. The first-order valence-electron chi connectivity index (χ1n) is 6.60. The van der Waals surface area contributed by atoms with Gasteiger partial charge >= 0.3 is 0 Å². The lowest BCUT2D eigenvalue weighted by Crippen LogP contribution is -2.38. The van der Waals surface area contributed by atoms with Crippen molar-refractivity contribution in [3.8, 4) is 0 Å². The number of rotatable bonds is 4. The van der Waals surface area contributed by atoms with Crippen molar-refractivity contribution in [3.05, 3.63) is 42.4 Å². The van der Waals surface area contributed by atoms with Crippen LogP contribution in [0.25, 0.3) is 10.9 Å². The molecular weight excluding hydrogens is 268 g/mol. The molecule has 4 N–H and O–H groups in total. The first-order valence-corrected chi connectivity index (χ1v) is 6.60. The van der Waals surface area contributed by atoms with Crippen LogP contribution in [-0.2, 0) is 18.3 Å². The van der Waals surface area contributed by atoms with Gasteiger partial charge in [0.15, 0.2) is 0 Å². The summed E-state index contributed by atoms with van der Waals surface area (Å²) in [5.41, 5.74) is 8.04. The maximum absolute atomic E-state index is 12.1. The number of nitrogens with two attached hydrogens (primary N) is 1. The average molecular weight is 284 g/mol. The maximum atomic E-state index is 12.1. The summed E-state index contributed by atoms with van der Waals surface area (Å²) in [5.74, 6) is 0.103. The van der Waals surface area contributed by atoms with Gasteiger partial charge in [-0.3, -0.25) is 10.1 Å². The van der Waals surface area contributed by atoms with E-state index in [4.69, 9.17) is 5.73 Å². The fourth-order valence-corrected chi connectivity index (χ4v) is 2.24. The van der Waals surface area contributed by atoms with Crippen molar-refractivity contribution in [3.63, 3.8) is 0 Å². The van der Waals surface area contributed by atoms with E-state index >= 15 is 0 Å². The van der Waals surface area contributed by atoms with E-state index in [1.54, 1.807) is 7.05 Å². The minimum absolute atomic E-state index is 0.281. The van der Waals surface area contributed by atoms with Gasteiger partial charge in [0.1, 0.15) is 6.33 Å². The molecule has 0 bridgehead atoms. The summed E-state index contributed by atoms with van der Waals surface area (Å²) < 4.78 is 1.48. The largest absolute Gasteiger partial charge is 0.361 e. The number of aromatic amines is 1. The van der Waals surface area contributed by atoms with Crippen LogP contribution in [0.2, 0.25) is 0 Å². The van der Waals surface area contributed by atoms with Crippen LogP contribution in [0.15, 0.2) is 36.8 Å². The molecule has 3 rings (SSSR count). The van der Waals surface area contributed by atoms with Crippen molar-refractivity contribution in [2.24, 2.45) is 12.8 Å². The van der Waals surface area contributed by atoms with Crippen LogP contribution in [0.5, 0.6) is 0 Å². The third kappa shape index (κ3) is 2.63. The summed E-state index contributed by atoms with van der Waals surface area (Å²) in [6, 6.07) is 7.27. The lowest BCUT2D eigenvalue weighted by atomic mass is 10.1. The smallest absolute Gasteiger partial charge is 0.243 e. The zero-order chi connectivity index (χ0) is 14.8. The fourth-order valence-electron chi connectivity index (χ4n) is 2.24. The van der Waals surface area contributed by atoms with Crippen LogP contribution in [0.1, 0.15) is 5.56 Å². The zero-order valence-corrected chi connectivity index (χ0v) is 11.6. The highest BCUT2D eigenvalue weighted by atomic mass is 16.2. The molecule has 0 aliphatic heterocycles. The number of nitrogens with zero attached hydrogens (tertiary/aromatic N) is 3. The predicted octanol–water partition coefficient (Wildman–Crippen LogP) is 0.805. The summed E-state index contributed by atoms with van der Waals surface area (Å²) in [6.07, 6.45) is 3.72. The number of nitrogens with one attached hydrogen (secondary N) is 2. The Balaban J connectivity index is 1.72. The van der Waals surface area contributed by atoms with Gasteiger partial charge in [-0.15, -0.1) is 0 Å². The third-order valence-corrected chi connectivity index (χ3v) is 3.40. The molecule has 108 valence electrons. The standard InChI is InChI=1S/C14H16N6O/c1-20-14(17-8-18-20)19-13(21)11(15)6-9-7-16-12-5-3-2-4-10(9)12/h2-5,7-8,11,16H,6,15H2,1H3,(H,17,18,19,21)/t11-/m1/s1. The number of H-pyrrole nitrogens is 1. The predicted molar refractivity (Wildman–Crippen MR) is 79.6 cm³/mol. The first kappa shape index (κ1) is 13.3.